The van der Waals surface area contributed by atoms with Gasteiger partial charge in [0.1, 0.15) is 5.82 Å². The maximum atomic E-state index is 12.4. The molecule has 0 saturated heterocycles. The first-order valence-electron chi connectivity index (χ1n) is 6.82. The maximum absolute atomic E-state index is 12.4. The highest BCUT2D eigenvalue weighted by molar-refractivity contribution is 6.23. The summed E-state index contributed by atoms with van der Waals surface area (Å²) in [6.45, 7) is 0. The molecule has 2 aromatic rings. The van der Waals surface area contributed by atoms with Crippen LogP contribution in [0, 0.1) is 0 Å². The number of carboxylic acids is 1. The van der Waals surface area contributed by atoms with Crippen molar-refractivity contribution >= 4 is 29.3 Å². The summed E-state index contributed by atoms with van der Waals surface area (Å²) >= 11 is 0. The molecular formula is C15H12N4O5. The van der Waals surface area contributed by atoms with Crippen molar-refractivity contribution in [3.8, 4) is 5.69 Å². The molecule has 0 spiro atoms. The molecule has 1 aliphatic heterocycles. The molecule has 1 aromatic carbocycles. The third kappa shape index (κ3) is 2.02. The van der Waals surface area contributed by atoms with Gasteiger partial charge in [0.25, 0.3) is 17.4 Å². The molecule has 5 N–H and O–H groups in total. The number of imide groups is 1. The third-order valence-corrected chi connectivity index (χ3v) is 3.72. The number of nitrogen functional groups attached to an aromatic ring is 1. The number of hydrogen-bond acceptors (Lipinski definition) is 6. The summed E-state index contributed by atoms with van der Waals surface area (Å²) in [6, 6.07) is 5.29. The molecule has 1 aliphatic rings. The Morgan fingerprint density at radius 2 is 1.96 bits per heavy atom. The van der Waals surface area contributed by atoms with Crippen LogP contribution in [0.15, 0.2) is 29.1 Å². The lowest BCUT2D eigenvalue weighted by molar-refractivity contribution is 0.0697. The zero-order chi connectivity index (χ0) is 17.6. The van der Waals surface area contributed by atoms with Crippen molar-refractivity contribution < 1.29 is 19.5 Å². The van der Waals surface area contributed by atoms with Gasteiger partial charge in [-0.2, -0.15) is 0 Å². The summed E-state index contributed by atoms with van der Waals surface area (Å²) in [5.41, 5.74) is 5.33. The summed E-state index contributed by atoms with van der Waals surface area (Å²) in [4.78, 5) is 47.3. The number of nitrogens with one attached hydrogen (secondary N) is 2. The minimum Gasteiger partial charge on any atom is -0.478 e. The molecule has 0 radical (unpaired) electrons. The second-order valence-electron chi connectivity index (χ2n) is 5.03. The summed E-state index contributed by atoms with van der Waals surface area (Å²) in [5.74, 6) is -2.83. The molecule has 0 atom stereocenters. The van der Waals surface area contributed by atoms with Crippen LogP contribution in [0.2, 0.25) is 0 Å². The van der Waals surface area contributed by atoms with Crippen LogP contribution in [0.1, 0.15) is 31.1 Å². The molecule has 24 heavy (non-hydrogen) atoms. The second kappa shape index (κ2) is 5.23. The largest absolute Gasteiger partial charge is 0.478 e. The number of nitrogens with zero attached hydrogens (tertiary/aromatic N) is 1. The van der Waals surface area contributed by atoms with Crippen LogP contribution < -0.4 is 21.9 Å². The van der Waals surface area contributed by atoms with E-state index < -0.39 is 23.3 Å². The van der Waals surface area contributed by atoms with Crippen molar-refractivity contribution in [1.29, 1.82) is 0 Å². The molecule has 2 amide bonds. The number of carboxylic acid groups (broad SMARTS) is 1. The first-order chi connectivity index (χ1) is 11.4. The predicted molar refractivity (Wildman–Crippen MR) is 84.8 cm³/mol. The van der Waals surface area contributed by atoms with Crippen LogP contribution in [-0.2, 0) is 0 Å². The number of aromatic carboxylic acids is 1. The van der Waals surface area contributed by atoms with E-state index in [0.29, 0.717) is 0 Å². The molecular weight excluding hydrogens is 316 g/mol. The van der Waals surface area contributed by atoms with E-state index in [4.69, 9.17) is 5.73 Å². The number of carbonyl (C=O) groups excluding carboxylic acids is 2. The van der Waals surface area contributed by atoms with Crippen molar-refractivity contribution in [1.82, 2.24) is 9.88 Å². The molecule has 1 aromatic heterocycles. The van der Waals surface area contributed by atoms with E-state index in [-0.39, 0.29) is 33.9 Å². The minimum absolute atomic E-state index is 0.0673. The average molecular weight is 328 g/mol. The normalized spacial score (nSPS) is 12.7. The lowest BCUT2D eigenvalue weighted by Gasteiger charge is -2.17. The molecule has 9 heteroatoms. The number of pyridine rings is 1. The first kappa shape index (κ1) is 15.3. The fourth-order valence-electron chi connectivity index (χ4n) is 2.70. The van der Waals surface area contributed by atoms with Crippen molar-refractivity contribution in [2.75, 3.05) is 18.1 Å². The minimum atomic E-state index is -1.19. The molecule has 0 aliphatic carbocycles. The van der Waals surface area contributed by atoms with Crippen LogP contribution in [0.4, 0.5) is 11.5 Å². The summed E-state index contributed by atoms with van der Waals surface area (Å²) in [6.07, 6.45) is 0. The Bertz CT molecular complexity index is 977. The van der Waals surface area contributed by atoms with Gasteiger partial charge in [-0.05, 0) is 12.1 Å². The van der Waals surface area contributed by atoms with Crippen LogP contribution in [-0.4, -0.2) is 34.5 Å². The van der Waals surface area contributed by atoms with Gasteiger partial charge in [0.15, 0.2) is 0 Å². The number of amides is 2. The number of para-hydroxylation sites is 1. The van der Waals surface area contributed by atoms with Gasteiger partial charge in [0.05, 0.1) is 28.1 Å². The molecule has 0 saturated carbocycles. The molecule has 0 fully saturated rings. The van der Waals surface area contributed by atoms with Gasteiger partial charge in [0, 0.05) is 13.1 Å². The smallest absolute Gasteiger partial charge is 0.337 e. The van der Waals surface area contributed by atoms with Gasteiger partial charge in [-0.1, -0.05) is 6.07 Å². The molecule has 0 unspecified atom stereocenters. The van der Waals surface area contributed by atoms with Crippen LogP contribution in [0.25, 0.3) is 5.69 Å². The zero-order valence-corrected chi connectivity index (χ0v) is 12.4. The van der Waals surface area contributed by atoms with E-state index in [9.17, 15) is 24.3 Å². The van der Waals surface area contributed by atoms with E-state index in [0.717, 1.165) is 10.6 Å². The Labute approximate surface area is 134 Å². The van der Waals surface area contributed by atoms with Gasteiger partial charge >= 0.3 is 5.97 Å². The Balaban J connectivity index is 2.38. The molecule has 0 bridgehead atoms. The lowest BCUT2D eigenvalue weighted by Crippen LogP contribution is -2.25. The van der Waals surface area contributed by atoms with Crippen LogP contribution >= 0.6 is 0 Å². The SMILES string of the molecule is CNc1c(C(=O)O)cccc1-n1c(N)c2c(cc1=O)C(=O)NC2=O. The van der Waals surface area contributed by atoms with E-state index in [1.807, 2.05) is 0 Å². The summed E-state index contributed by atoms with van der Waals surface area (Å²) in [7, 11) is 1.50. The fourth-order valence-corrected chi connectivity index (χ4v) is 2.70. The first-order valence-corrected chi connectivity index (χ1v) is 6.82. The Morgan fingerprint density at radius 1 is 1.25 bits per heavy atom. The van der Waals surface area contributed by atoms with Crippen molar-refractivity contribution in [3.63, 3.8) is 0 Å². The van der Waals surface area contributed by atoms with Gasteiger partial charge < -0.3 is 16.2 Å². The quantitative estimate of drug-likeness (QED) is 0.582. The van der Waals surface area contributed by atoms with E-state index in [1.54, 1.807) is 0 Å². The lowest BCUT2D eigenvalue weighted by atomic mass is 10.1. The van der Waals surface area contributed by atoms with Crippen molar-refractivity contribution in [2.24, 2.45) is 0 Å². The Kier molecular flexibility index (Phi) is 3.33. The van der Waals surface area contributed by atoms with Crippen molar-refractivity contribution in [3.05, 3.63) is 51.3 Å². The Hall–Kier alpha value is -3.62. The van der Waals surface area contributed by atoms with E-state index in [1.165, 1.54) is 25.2 Å². The maximum Gasteiger partial charge on any atom is 0.337 e. The number of fused-ring (bicyclic) bond motifs is 1. The predicted octanol–water partition coefficient (Wildman–Crippen LogP) is 0.0432. The summed E-state index contributed by atoms with van der Waals surface area (Å²) < 4.78 is 0.995. The van der Waals surface area contributed by atoms with E-state index >= 15 is 0 Å². The second-order valence-corrected chi connectivity index (χ2v) is 5.03. The highest BCUT2D eigenvalue weighted by Gasteiger charge is 2.32. The van der Waals surface area contributed by atoms with Crippen molar-refractivity contribution in [2.45, 2.75) is 0 Å². The fraction of sp³-hybridized carbons (Fsp3) is 0.0667. The van der Waals surface area contributed by atoms with Gasteiger partial charge in [0.2, 0.25) is 0 Å². The molecule has 9 nitrogen and oxygen atoms in total. The number of carbonyl (C=O) groups is 3. The van der Waals surface area contributed by atoms with E-state index in [2.05, 4.69) is 10.6 Å². The number of hydrogen-bond donors (Lipinski definition) is 4. The number of nitrogens with two attached hydrogens (primary N) is 1. The molecule has 2 heterocycles. The molecule has 3 rings (SSSR count). The highest BCUT2D eigenvalue weighted by Crippen LogP contribution is 2.28. The number of anilines is 2. The topological polar surface area (TPSA) is 144 Å². The monoisotopic (exact) mass is 328 g/mol. The summed E-state index contributed by atoms with van der Waals surface area (Å²) in [5, 5.41) is 14.1. The van der Waals surface area contributed by atoms with Gasteiger partial charge in [-0.15, -0.1) is 0 Å². The van der Waals surface area contributed by atoms with Crippen LogP contribution in [0.3, 0.4) is 0 Å². The van der Waals surface area contributed by atoms with Gasteiger partial charge in [-0.3, -0.25) is 24.3 Å². The average Bonchev–Trinajstić information content (AvgIpc) is 2.81. The number of rotatable bonds is 3. The third-order valence-electron chi connectivity index (χ3n) is 3.72. The zero-order valence-electron chi connectivity index (χ0n) is 12.4. The number of benzene rings is 1. The van der Waals surface area contributed by atoms with Crippen LogP contribution in [0.5, 0.6) is 0 Å². The molecule has 122 valence electrons. The van der Waals surface area contributed by atoms with Gasteiger partial charge in [-0.25, -0.2) is 4.79 Å². The number of aromatic nitrogens is 1. The Morgan fingerprint density at radius 3 is 2.58 bits per heavy atom. The highest BCUT2D eigenvalue weighted by atomic mass is 16.4. The standard InChI is InChI=1S/C15H12N4O5/c1-17-11-6(15(23)24)3-2-4-8(11)19-9(20)5-7-10(12(19)16)14(22)18-13(7)21/h2-5,17H,16H2,1H3,(H,23,24)(H,18,21,22).